The molecule has 0 aromatic heterocycles. The molecule has 0 saturated carbocycles. The van der Waals surface area contributed by atoms with E-state index in [1.807, 2.05) is 6.92 Å². The van der Waals surface area contributed by atoms with E-state index in [1.165, 1.54) is 11.8 Å². The average molecular weight is 163 g/mol. The lowest BCUT2D eigenvalue weighted by atomic mass is 10.3. The molecule has 5 heteroatoms. The fraction of sp³-hybridized carbons (Fsp3) is 0.800. The summed E-state index contributed by atoms with van der Waals surface area (Å²) in [5.41, 5.74) is 15.6. The standard InChI is InChI=1S/C5H13N3OS/c1-3(6)10-2-4(7)5(8)9/h3-4H,2,6-7H2,1H3,(H2,8,9). The first-order chi connectivity index (χ1) is 4.54. The number of hydrogen-bond acceptors (Lipinski definition) is 4. The van der Waals surface area contributed by atoms with E-state index in [4.69, 9.17) is 17.2 Å². The third-order valence-electron chi connectivity index (χ3n) is 0.904. The Bertz CT molecular complexity index is 117. The van der Waals surface area contributed by atoms with Crippen LogP contribution in [-0.4, -0.2) is 23.1 Å². The SMILES string of the molecule is CC(N)SCC(N)C(N)=O. The van der Waals surface area contributed by atoms with Crippen molar-refractivity contribution in [1.82, 2.24) is 0 Å². The van der Waals surface area contributed by atoms with Crippen LogP contribution in [0.25, 0.3) is 0 Å². The molecule has 0 aromatic carbocycles. The number of hydrogen-bond donors (Lipinski definition) is 3. The number of carbonyl (C=O) groups is 1. The van der Waals surface area contributed by atoms with Gasteiger partial charge in [-0.1, -0.05) is 0 Å². The van der Waals surface area contributed by atoms with Gasteiger partial charge in [0.2, 0.25) is 5.91 Å². The molecule has 1 amide bonds. The molecular weight excluding hydrogens is 150 g/mol. The largest absolute Gasteiger partial charge is 0.368 e. The van der Waals surface area contributed by atoms with E-state index in [2.05, 4.69) is 0 Å². The smallest absolute Gasteiger partial charge is 0.235 e. The van der Waals surface area contributed by atoms with Crippen LogP contribution in [0.2, 0.25) is 0 Å². The molecule has 0 aliphatic rings. The highest BCUT2D eigenvalue weighted by Crippen LogP contribution is 2.04. The molecular formula is C5H13N3OS. The third kappa shape index (κ3) is 4.60. The van der Waals surface area contributed by atoms with Crippen molar-refractivity contribution in [3.8, 4) is 0 Å². The second-order valence-electron chi connectivity index (χ2n) is 2.05. The summed E-state index contributed by atoms with van der Waals surface area (Å²) in [6.45, 7) is 1.83. The van der Waals surface area contributed by atoms with Gasteiger partial charge in [0.25, 0.3) is 0 Å². The molecule has 0 heterocycles. The molecule has 2 unspecified atom stereocenters. The van der Waals surface area contributed by atoms with E-state index in [0.29, 0.717) is 5.75 Å². The van der Waals surface area contributed by atoms with Crippen molar-refractivity contribution >= 4 is 17.7 Å². The first-order valence-electron chi connectivity index (χ1n) is 2.96. The zero-order valence-electron chi connectivity index (χ0n) is 5.91. The molecule has 0 aliphatic carbocycles. The van der Waals surface area contributed by atoms with E-state index in [9.17, 15) is 4.79 Å². The summed E-state index contributed by atoms with van der Waals surface area (Å²) in [5, 5.41) is 0.00500. The minimum absolute atomic E-state index is 0.00500. The van der Waals surface area contributed by atoms with Gasteiger partial charge in [-0.25, -0.2) is 0 Å². The Balaban J connectivity index is 3.40. The summed E-state index contributed by atoms with van der Waals surface area (Å²) >= 11 is 1.42. The van der Waals surface area contributed by atoms with Crippen molar-refractivity contribution in [3.63, 3.8) is 0 Å². The van der Waals surface area contributed by atoms with Gasteiger partial charge >= 0.3 is 0 Å². The van der Waals surface area contributed by atoms with Crippen LogP contribution < -0.4 is 17.2 Å². The van der Waals surface area contributed by atoms with Crippen LogP contribution in [0.5, 0.6) is 0 Å². The van der Waals surface area contributed by atoms with E-state index in [0.717, 1.165) is 0 Å². The van der Waals surface area contributed by atoms with Gasteiger partial charge in [0.1, 0.15) is 0 Å². The minimum Gasteiger partial charge on any atom is -0.368 e. The maximum absolute atomic E-state index is 10.4. The lowest BCUT2D eigenvalue weighted by molar-refractivity contribution is -0.118. The first kappa shape index (κ1) is 9.74. The molecule has 0 aromatic rings. The topological polar surface area (TPSA) is 95.1 Å². The number of primary amides is 1. The van der Waals surface area contributed by atoms with Crippen LogP contribution in [0.3, 0.4) is 0 Å². The van der Waals surface area contributed by atoms with Crippen molar-refractivity contribution < 1.29 is 4.79 Å². The maximum Gasteiger partial charge on any atom is 0.235 e. The second-order valence-corrected chi connectivity index (χ2v) is 3.46. The molecule has 0 aliphatic heterocycles. The van der Waals surface area contributed by atoms with Crippen LogP contribution in [0.15, 0.2) is 0 Å². The predicted octanol–water partition coefficient (Wildman–Crippen LogP) is -1.16. The van der Waals surface area contributed by atoms with Crippen molar-refractivity contribution in [3.05, 3.63) is 0 Å². The fourth-order valence-corrected chi connectivity index (χ4v) is 1.01. The van der Waals surface area contributed by atoms with Crippen LogP contribution in [0.1, 0.15) is 6.92 Å². The zero-order chi connectivity index (χ0) is 8.15. The predicted molar refractivity (Wildman–Crippen MR) is 43.3 cm³/mol. The molecule has 10 heavy (non-hydrogen) atoms. The Morgan fingerprint density at radius 1 is 1.60 bits per heavy atom. The molecule has 0 fully saturated rings. The Kier molecular flexibility index (Phi) is 4.42. The highest BCUT2D eigenvalue weighted by Gasteiger charge is 2.09. The molecule has 0 bridgehead atoms. The molecule has 6 N–H and O–H groups in total. The number of rotatable bonds is 4. The highest BCUT2D eigenvalue weighted by molar-refractivity contribution is 7.99. The quantitative estimate of drug-likeness (QED) is 0.455. The van der Waals surface area contributed by atoms with Crippen molar-refractivity contribution in [2.75, 3.05) is 5.75 Å². The Labute approximate surface area is 64.5 Å². The van der Waals surface area contributed by atoms with Crippen molar-refractivity contribution in [1.29, 1.82) is 0 Å². The molecule has 60 valence electrons. The second kappa shape index (κ2) is 4.54. The van der Waals surface area contributed by atoms with Crippen LogP contribution in [0.4, 0.5) is 0 Å². The van der Waals surface area contributed by atoms with Crippen molar-refractivity contribution in [2.24, 2.45) is 17.2 Å². The van der Waals surface area contributed by atoms with Gasteiger partial charge in [-0.15, -0.1) is 11.8 Å². The lowest BCUT2D eigenvalue weighted by Gasteiger charge is -2.08. The molecule has 2 atom stereocenters. The van der Waals surface area contributed by atoms with E-state index in [-0.39, 0.29) is 5.37 Å². The Hall–Kier alpha value is -0.260. The van der Waals surface area contributed by atoms with Gasteiger partial charge in [-0.2, -0.15) is 0 Å². The molecule has 0 rings (SSSR count). The summed E-state index contributed by atoms with van der Waals surface area (Å²) in [6.07, 6.45) is 0. The molecule has 4 nitrogen and oxygen atoms in total. The number of thioether (sulfide) groups is 1. The summed E-state index contributed by atoms with van der Waals surface area (Å²) in [5.74, 6) is 0.0145. The number of amides is 1. The van der Waals surface area contributed by atoms with Crippen LogP contribution in [0, 0.1) is 0 Å². The van der Waals surface area contributed by atoms with Crippen LogP contribution in [-0.2, 0) is 4.79 Å². The van der Waals surface area contributed by atoms with Gasteiger partial charge in [0.05, 0.1) is 6.04 Å². The van der Waals surface area contributed by atoms with Gasteiger partial charge in [0, 0.05) is 11.1 Å². The fourth-order valence-electron chi connectivity index (χ4n) is 0.338. The van der Waals surface area contributed by atoms with E-state index in [1.54, 1.807) is 0 Å². The van der Waals surface area contributed by atoms with E-state index >= 15 is 0 Å². The monoisotopic (exact) mass is 163 g/mol. The van der Waals surface area contributed by atoms with Crippen LogP contribution >= 0.6 is 11.8 Å². The average Bonchev–Trinajstić information content (AvgIpc) is 1.82. The maximum atomic E-state index is 10.4. The Morgan fingerprint density at radius 3 is 2.40 bits per heavy atom. The van der Waals surface area contributed by atoms with Gasteiger partial charge in [-0.3, -0.25) is 4.79 Å². The minimum atomic E-state index is -0.573. The molecule has 0 radical (unpaired) electrons. The normalized spacial score (nSPS) is 16.3. The van der Waals surface area contributed by atoms with E-state index < -0.39 is 11.9 Å². The van der Waals surface area contributed by atoms with Crippen molar-refractivity contribution in [2.45, 2.75) is 18.3 Å². The summed E-state index contributed by atoms with van der Waals surface area (Å²) in [7, 11) is 0. The summed E-state index contributed by atoms with van der Waals surface area (Å²) < 4.78 is 0. The summed E-state index contributed by atoms with van der Waals surface area (Å²) in [4.78, 5) is 10.4. The first-order valence-corrected chi connectivity index (χ1v) is 4.01. The number of nitrogens with two attached hydrogens (primary N) is 3. The number of carbonyl (C=O) groups excluding carboxylic acids is 1. The third-order valence-corrected chi connectivity index (χ3v) is 1.98. The van der Waals surface area contributed by atoms with Gasteiger partial charge < -0.3 is 17.2 Å². The lowest BCUT2D eigenvalue weighted by Crippen LogP contribution is -2.39. The zero-order valence-corrected chi connectivity index (χ0v) is 6.73. The van der Waals surface area contributed by atoms with Gasteiger partial charge in [-0.05, 0) is 6.92 Å². The Morgan fingerprint density at radius 2 is 2.10 bits per heavy atom. The highest BCUT2D eigenvalue weighted by atomic mass is 32.2. The van der Waals surface area contributed by atoms with Gasteiger partial charge in [0.15, 0.2) is 0 Å². The molecule has 0 saturated heterocycles. The summed E-state index contributed by atoms with van der Waals surface area (Å²) in [6, 6.07) is -0.573. The molecule has 0 spiro atoms.